The molecule has 0 amide bonds. The molecule has 0 radical (unpaired) electrons. The van der Waals surface area contributed by atoms with Gasteiger partial charge in [-0.15, -0.1) is 0 Å². The predicted octanol–water partition coefficient (Wildman–Crippen LogP) is 3.06. The summed E-state index contributed by atoms with van der Waals surface area (Å²) in [4.78, 5) is 0. The van der Waals surface area contributed by atoms with E-state index < -0.39 is 0 Å². The van der Waals surface area contributed by atoms with Crippen LogP contribution in [0, 0.1) is 11.8 Å². The van der Waals surface area contributed by atoms with Gasteiger partial charge in [0.1, 0.15) is 0 Å². The average molecular weight is 238 g/mol. The lowest BCUT2D eigenvalue weighted by atomic mass is 9.91. The molecular formula is C15H30N2. The lowest BCUT2D eigenvalue weighted by molar-refractivity contribution is 0.282. The Morgan fingerprint density at radius 1 is 1.00 bits per heavy atom. The maximum atomic E-state index is 5.86. The van der Waals surface area contributed by atoms with Crippen LogP contribution < -0.4 is 11.1 Å². The van der Waals surface area contributed by atoms with Crippen LogP contribution >= 0.6 is 0 Å². The number of hydrogen-bond acceptors (Lipinski definition) is 2. The molecule has 2 aliphatic rings. The van der Waals surface area contributed by atoms with Crippen molar-refractivity contribution in [2.75, 3.05) is 6.54 Å². The number of rotatable bonds is 4. The van der Waals surface area contributed by atoms with Crippen molar-refractivity contribution in [3.05, 3.63) is 0 Å². The third-order valence-electron chi connectivity index (χ3n) is 5.05. The van der Waals surface area contributed by atoms with Crippen molar-refractivity contribution in [1.29, 1.82) is 0 Å². The second kappa shape index (κ2) is 6.75. The molecule has 3 atom stereocenters. The maximum Gasteiger partial charge on any atom is 0.0110 e. The first kappa shape index (κ1) is 13.4. The highest BCUT2D eigenvalue weighted by molar-refractivity contribution is 4.87. The number of hydrogen-bond donors (Lipinski definition) is 2. The molecular weight excluding hydrogens is 208 g/mol. The van der Waals surface area contributed by atoms with E-state index >= 15 is 0 Å². The van der Waals surface area contributed by atoms with Crippen LogP contribution in [0.4, 0.5) is 0 Å². The van der Waals surface area contributed by atoms with E-state index in [1.165, 1.54) is 57.8 Å². The van der Waals surface area contributed by atoms with Crippen LogP contribution in [-0.4, -0.2) is 18.6 Å². The molecule has 3 N–H and O–H groups in total. The molecule has 2 rings (SSSR count). The maximum absolute atomic E-state index is 5.86. The molecule has 0 aromatic rings. The van der Waals surface area contributed by atoms with Crippen molar-refractivity contribution in [3.63, 3.8) is 0 Å². The molecule has 0 aromatic heterocycles. The normalized spacial score (nSPS) is 33.5. The molecule has 100 valence electrons. The summed E-state index contributed by atoms with van der Waals surface area (Å²) in [6.07, 6.45) is 12.7. The fraction of sp³-hybridized carbons (Fsp3) is 1.00. The average Bonchev–Trinajstić information content (AvgIpc) is 2.62. The zero-order valence-electron chi connectivity index (χ0n) is 11.5. The smallest absolute Gasteiger partial charge is 0.0110 e. The molecule has 0 aliphatic heterocycles. The van der Waals surface area contributed by atoms with Crippen LogP contribution in [0.3, 0.4) is 0 Å². The second-order valence-electron chi connectivity index (χ2n) is 6.24. The molecule has 0 heterocycles. The van der Waals surface area contributed by atoms with Gasteiger partial charge in [-0.3, -0.25) is 0 Å². The zero-order chi connectivity index (χ0) is 12.1. The molecule has 2 nitrogen and oxygen atoms in total. The molecule has 2 aliphatic carbocycles. The minimum Gasteiger partial charge on any atom is -0.330 e. The Morgan fingerprint density at radius 2 is 1.71 bits per heavy atom. The van der Waals surface area contributed by atoms with Gasteiger partial charge in [0.25, 0.3) is 0 Å². The molecule has 2 unspecified atom stereocenters. The summed E-state index contributed by atoms with van der Waals surface area (Å²) in [6, 6.07) is 1.41. The van der Waals surface area contributed by atoms with Crippen molar-refractivity contribution in [1.82, 2.24) is 5.32 Å². The van der Waals surface area contributed by atoms with E-state index in [-0.39, 0.29) is 0 Å². The second-order valence-corrected chi connectivity index (χ2v) is 6.24. The third-order valence-corrected chi connectivity index (χ3v) is 5.05. The SMILES string of the molecule is C[C@@H](NC1CCCC1CN)C1CCCCCC1. The molecule has 0 saturated heterocycles. The fourth-order valence-electron chi connectivity index (χ4n) is 3.82. The van der Waals surface area contributed by atoms with Crippen molar-refractivity contribution in [2.24, 2.45) is 17.6 Å². The van der Waals surface area contributed by atoms with Gasteiger partial charge in [0.2, 0.25) is 0 Å². The van der Waals surface area contributed by atoms with E-state index in [2.05, 4.69) is 12.2 Å². The van der Waals surface area contributed by atoms with E-state index in [0.717, 1.165) is 18.4 Å². The first-order valence-corrected chi connectivity index (χ1v) is 7.77. The van der Waals surface area contributed by atoms with Gasteiger partial charge in [-0.05, 0) is 51.0 Å². The fourth-order valence-corrected chi connectivity index (χ4v) is 3.82. The van der Waals surface area contributed by atoms with Gasteiger partial charge in [-0.2, -0.15) is 0 Å². The van der Waals surface area contributed by atoms with Crippen molar-refractivity contribution >= 4 is 0 Å². The summed E-state index contributed by atoms with van der Waals surface area (Å²) >= 11 is 0. The Kier molecular flexibility index (Phi) is 5.30. The molecule has 0 spiro atoms. The molecule has 2 fully saturated rings. The van der Waals surface area contributed by atoms with Gasteiger partial charge in [0.15, 0.2) is 0 Å². The molecule has 0 aromatic carbocycles. The van der Waals surface area contributed by atoms with Gasteiger partial charge < -0.3 is 11.1 Å². The van der Waals surface area contributed by atoms with Crippen LogP contribution in [0.2, 0.25) is 0 Å². The predicted molar refractivity (Wildman–Crippen MR) is 74.0 cm³/mol. The summed E-state index contributed by atoms with van der Waals surface area (Å²) in [5.74, 6) is 1.65. The van der Waals surface area contributed by atoms with E-state index in [1.807, 2.05) is 0 Å². The monoisotopic (exact) mass is 238 g/mol. The quantitative estimate of drug-likeness (QED) is 0.739. The zero-order valence-corrected chi connectivity index (χ0v) is 11.5. The topological polar surface area (TPSA) is 38.0 Å². The van der Waals surface area contributed by atoms with Gasteiger partial charge in [0, 0.05) is 12.1 Å². The summed E-state index contributed by atoms with van der Waals surface area (Å²) in [5, 5.41) is 3.90. The minimum atomic E-state index is 0.699. The molecule has 0 bridgehead atoms. The van der Waals surface area contributed by atoms with Crippen molar-refractivity contribution < 1.29 is 0 Å². The Morgan fingerprint density at radius 3 is 2.35 bits per heavy atom. The van der Waals surface area contributed by atoms with E-state index in [0.29, 0.717) is 12.1 Å². The van der Waals surface area contributed by atoms with Gasteiger partial charge in [0.05, 0.1) is 0 Å². The highest BCUT2D eigenvalue weighted by atomic mass is 15.0. The Labute approximate surface area is 107 Å². The summed E-state index contributed by atoms with van der Waals surface area (Å²) < 4.78 is 0. The van der Waals surface area contributed by atoms with E-state index in [9.17, 15) is 0 Å². The van der Waals surface area contributed by atoms with Crippen molar-refractivity contribution in [2.45, 2.75) is 76.8 Å². The van der Waals surface area contributed by atoms with Crippen LogP contribution in [0.1, 0.15) is 64.7 Å². The van der Waals surface area contributed by atoms with E-state index in [1.54, 1.807) is 0 Å². The first-order valence-electron chi connectivity index (χ1n) is 7.77. The minimum absolute atomic E-state index is 0.699. The molecule has 2 heteroatoms. The number of nitrogens with one attached hydrogen (secondary N) is 1. The van der Waals surface area contributed by atoms with Gasteiger partial charge >= 0.3 is 0 Å². The Hall–Kier alpha value is -0.0800. The van der Waals surface area contributed by atoms with Crippen LogP contribution in [0.25, 0.3) is 0 Å². The van der Waals surface area contributed by atoms with E-state index in [4.69, 9.17) is 5.73 Å². The van der Waals surface area contributed by atoms with Gasteiger partial charge in [-0.25, -0.2) is 0 Å². The van der Waals surface area contributed by atoms with Crippen LogP contribution in [0.5, 0.6) is 0 Å². The number of nitrogens with two attached hydrogens (primary N) is 1. The lowest BCUT2D eigenvalue weighted by Crippen LogP contribution is -2.44. The van der Waals surface area contributed by atoms with Gasteiger partial charge in [-0.1, -0.05) is 32.1 Å². The summed E-state index contributed by atoms with van der Waals surface area (Å²) in [6.45, 7) is 3.27. The van der Waals surface area contributed by atoms with Crippen LogP contribution in [-0.2, 0) is 0 Å². The third kappa shape index (κ3) is 3.69. The first-order chi connectivity index (χ1) is 8.31. The molecule has 17 heavy (non-hydrogen) atoms. The largest absolute Gasteiger partial charge is 0.330 e. The highest BCUT2D eigenvalue weighted by Crippen LogP contribution is 2.29. The Bertz CT molecular complexity index is 209. The lowest BCUT2D eigenvalue weighted by Gasteiger charge is -2.29. The molecule has 2 saturated carbocycles. The standard InChI is InChI=1S/C15H30N2/c1-12(13-7-4-2-3-5-8-13)17-15-10-6-9-14(15)11-16/h12-15,17H,2-11,16H2,1H3/t12-,14?,15?/m1/s1. The van der Waals surface area contributed by atoms with Crippen LogP contribution in [0.15, 0.2) is 0 Å². The Balaban J connectivity index is 1.80. The summed E-state index contributed by atoms with van der Waals surface area (Å²) in [7, 11) is 0. The van der Waals surface area contributed by atoms with Crippen molar-refractivity contribution in [3.8, 4) is 0 Å². The highest BCUT2D eigenvalue weighted by Gasteiger charge is 2.29. The summed E-state index contributed by atoms with van der Waals surface area (Å²) in [5.41, 5.74) is 5.86.